The molecule has 0 aliphatic carbocycles. The number of carbonyl (C=O) groups is 3. The number of halogens is 22. The van der Waals surface area contributed by atoms with Crippen molar-refractivity contribution in [3.8, 4) is 0 Å². The minimum absolute atomic E-state index is 1.17. The van der Waals surface area contributed by atoms with Gasteiger partial charge >= 0.3 is 65.9 Å². The third-order valence-corrected chi connectivity index (χ3v) is 6.17. The highest BCUT2D eigenvalue weighted by molar-refractivity contribution is 5.86. The van der Waals surface area contributed by atoms with Crippen molar-refractivity contribution in [2.24, 2.45) is 0 Å². The Morgan fingerprint density at radius 1 is 0.519 bits per heavy atom. The van der Waals surface area contributed by atoms with Crippen molar-refractivity contribution in [2.45, 2.75) is 124 Å². The standard InChI is InChI=1S/C25H25F22NO6/c1-15(2,3)54-14(51)48-11(13(50)53-7-5-17(28,29)10-19(32,33)21(36,37)23(40,41)25(45,46)47)8-12(49)52-6-4-16(26,27)9-18(30,31)20(34,35)22(38,39)24(42,43)44/h11H,4-10H2,1-3H3,(H,48,51). The molecule has 29 heteroatoms. The molecule has 0 aromatic rings. The van der Waals surface area contributed by atoms with E-state index in [2.05, 4.69) is 14.2 Å². The van der Waals surface area contributed by atoms with E-state index in [-0.39, 0.29) is 0 Å². The second kappa shape index (κ2) is 16.0. The van der Waals surface area contributed by atoms with E-state index in [1.54, 1.807) is 0 Å². The van der Waals surface area contributed by atoms with Gasteiger partial charge in [-0.15, -0.1) is 0 Å². The maximum atomic E-state index is 14.0. The second-order valence-corrected chi connectivity index (χ2v) is 12.1. The Morgan fingerprint density at radius 2 is 0.852 bits per heavy atom. The van der Waals surface area contributed by atoms with Crippen LogP contribution in [0.3, 0.4) is 0 Å². The van der Waals surface area contributed by atoms with Gasteiger partial charge < -0.3 is 19.5 Å². The summed E-state index contributed by atoms with van der Waals surface area (Å²) < 4.78 is 301. The molecule has 0 aliphatic rings. The maximum Gasteiger partial charge on any atom is 0.460 e. The van der Waals surface area contributed by atoms with Gasteiger partial charge in [-0.1, -0.05) is 0 Å². The molecule has 54 heavy (non-hydrogen) atoms. The highest BCUT2D eigenvalue weighted by atomic mass is 19.4. The fourth-order valence-electron chi connectivity index (χ4n) is 3.45. The number of amides is 1. The SMILES string of the molecule is CC(C)(C)OC(=O)NC(CC(=O)OCCC(F)(F)CC(F)(F)C(F)(F)C(F)(F)C(F)(F)F)C(=O)OCCC(F)(F)CC(F)(F)C(F)(F)C(F)(F)C(F)(F)F. The number of carbonyl (C=O) groups excluding carboxylic acids is 3. The molecule has 1 N–H and O–H groups in total. The number of ether oxygens (including phenoxy) is 3. The fourth-order valence-corrected chi connectivity index (χ4v) is 3.45. The van der Waals surface area contributed by atoms with E-state index in [4.69, 9.17) is 0 Å². The molecule has 0 spiro atoms. The summed E-state index contributed by atoms with van der Waals surface area (Å²) >= 11 is 0. The van der Waals surface area contributed by atoms with E-state index < -0.39 is 135 Å². The smallest absolute Gasteiger partial charge is 0.460 e. The van der Waals surface area contributed by atoms with E-state index in [1.807, 2.05) is 0 Å². The summed E-state index contributed by atoms with van der Waals surface area (Å²) in [5.74, 6) is -58.3. The summed E-state index contributed by atoms with van der Waals surface area (Å²) in [6.07, 6.45) is -30.1. The molecule has 0 bridgehead atoms. The average Bonchev–Trinajstić information content (AvgIpc) is 2.88. The average molecular weight is 853 g/mol. The molecular formula is C25H25F22NO6. The van der Waals surface area contributed by atoms with E-state index in [0.29, 0.717) is 0 Å². The zero-order valence-corrected chi connectivity index (χ0v) is 26.8. The highest BCUT2D eigenvalue weighted by Crippen LogP contribution is 2.57. The monoisotopic (exact) mass is 853 g/mol. The first-order valence-corrected chi connectivity index (χ1v) is 13.9. The number of hydrogen-bond donors (Lipinski definition) is 1. The number of alkyl halides is 22. The van der Waals surface area contributed by atoms with E-state index in [0.717, 1.165) is 0 Å². The molecule has 1 atom stereocenters. The Bertz CT molecular complexity index is 1310. The van der Waals surface area contributed by atoms with E-state index in [9.17, 15) is 111 Å². The molecule has 7 nitrogen and oxygen atoms in total. The Morgan fingerprint density at radius 3 is 1.17 bits per heavy atom. The van der Waals surface area contributed by atoms with Gasteiger partial charge in [-0.2, -0.15) is 79.0 Å². The van der Waals surface area contributed by atoms with Gasteiger partial charge in [0.25, 0.3) is 11.8 Å². The predicted octanol–water partition coefficient (Wildman–Crippen LogP) is 9.12. The first-order chi connectivity index (χ1) is 23.4. The van der Waals surface area contributed by atoms with Crippen LogP contribution >= 0.6 is 0 Å². The molecule has 0 aromatic heterocycles. The largest absolute Gasteiger partial charge is 0.465 e. The number of nitrogens with one attached hydrogen (secondary N) is 1. The maximum absolute atomic E-state index is 14.0. The van der Waals surface area contributed by atoms with Gasteiger partial charge in [0.05, 0.1) is 32.5 Å². The first kappa shape index (κ1) is 50.7. The molecule has 1 unspecified atom stereocenters. The Labute approximate surface area is 287 Å². The van der Waals surface area contributed by atoms with Crippen LogP contribution in [0.2, 0.25) is 0 Å². The van der Waals surface area contributed by atoms with Crippen LogP contribution in [0.5, 0.6) is 0 Å². The van der Waals surface area contributed by atoms with Crippen LogP contribution in [0, 0.1) is 0 Å². The molecule has 0 saturated heterocycles. The van der Waals surface area contributed by atoms with Crippen LogP contribution in [-0.4, -0.2) is 103 Å². The second-order valence-electron chi connectivity index (χ2n) is 12.1. The van der Waals surface area contributed by atoms with Crippen LogP contribution in [0.25, 0.3) is 0 Å². The van der Waals surface area contributed by atoms with Gasteiger partial charge in [0.15, 0.2) is 0 Å². The van der Waals surface area contributed by atoms with Gasteiger partial charge in [-0.3, -0.25) is 4.79 Å². The lowest BCUT2D eigenvalue weighted by molar-refractivity contribution is -0.401. The molecule has 0 heterocycles. The van der Waals surface area contributed by atoms with Crippen molar-refractivity contribution in [1.29, 1.82) is 0 Å². The van der Waals surface area contributed by atoms with Crippen molar-refractivity contribution in [3.05, 3.63) is 0 Å². The molecule has 0 aliphatic heterocycles. The van der Waals surface area contributed by atoms with E-state index >= 15 is 0 Å². The topological polar surface area (TPSA) is 90.9 Å². The third kappa shape index (κ3) is 12.6. The summed E-state index contributed by atoms with van der Waals surface area (Å²) in [7, 11) is 0. The lowest BCUT2D eigenvalue weighted by atomic mass is 9.97. The van der Waals surface area contributed by atoms with Crippen molar-refractivity contribution >= 4 is 18.0 Å². The number of rotatable bonds is 18. The van der Waals surface area contributed by atoms with Crippen LogP contribution in [0.15, 0.2) is 0 Å². The van der Waals surface area contributed by atoms with E-state index in [1.165, 1.54) is 26.1 Å². The van der Waals surface area contributed by atoms with Gasteiger partial charge in [0.1, 0.15) is 11.6 Å². The van der Waals surface area contributed by atoms with Crippen molar-refractivity contribution in [1.82, 2.24) is 5.32 Å². The van der Waals surface area contributed by atoms with Crippen molar-refractivity contribution in [2.75, 3.05) is 13.2 Å². The molecule has 320 valence electrons. The summed E-state index contributed by atoms with van der Waals surface area (Å²) in [5, 5.41) is 1.49. The highest BCUT2D eigenvalue weighted by Gasteiger charge is 2.83. The minimum Gasteiger partial charge on any atom is -0.465 e. The minimum atomic E-state index is -7.54. The summed E-state index contributed by atoms with van der Waals surface area (Å²) in [6.45, 7) is -0.295. The number of esters is 2. The molecule has 0 saturated carbocycles. The zero-order valence-electron chi connectivity index (χ0n) is 26.8. The van der Waals surface area contributed by atoms with Gasteiger partial charge in [0.2, 0.25) is 0 Å². The molecule has 0 rings (SSSR count). The Balaban J connectivity index is 5.75. The third-order valence-electron chi connectivity index (χ3n) is 6.17. The Kier molecular flexibility index (Phi) is 15.0. The quantitative estimate of drug-likeness (QED) is 0.0841. The molecular weight excluding hydrogens is 828 g/mol. The summed E-state index contributed by atoms with van der Waals surface area (Å²) in [5.41, 5.74) is -1.44. The molecule has 0 radical (unpaired) electrons. The molecule has 0 aromatic carbocycles. The first-order valence-electron chi connectivity index (χ1n) is 13.9. The van der Waals surface area contributed by atoms with Crippen LogP contribution in [0.4, 0.5) is 101 Å². The van der Waals surface area contributed by atoms with Crippen molar-refractivity contribution in [3.63, 3.8) is 0 Å². The molecule has 1 amide bonds. The normalized spacial score (nSPS) is 15.4. The van der Waals surface area contributed by atoms with Gasteiger partial charge in [0, 0.05) is 12.8 Å². The zero-order chi connectivity index (χ0) is 43.6. The van der Waals surface area contributed by atoms with Gasteiger partial charge in [-0.25, -0.2) is 27.2 Å². The summed E-state index contributed by atoms with van der Waals surface area (Å²) in [4.78, 5) is 36.4. The number of alkyl carbamates (subject to hydrolysis) is 1. The van der Waals surface area contributed by atoms with Gasteiger partial charge in [-0.05, 0) is 20.8 Å². The van der Waals surface area contributed by atoms with Crippen LogP contribution < -0.4 is 5.32 Å². The molecule has 0 fully saturated rings. The predicted molar refractivity (Wildman–Crippen MR) is 130 cm³/mol. The number of hydrogen-bond acceptors (Lipinski definition) is 6. The Hall–Kier alpha value is -3.33. The summed E-state index contributed by atoms with van der Waals surface area (Å²) in [6, 6.07) is -2.56. The lowest BCUT2D eigenvalue weighted by Gasteiger charge is -2.35. The fraction of sp³-hybridized carbons (Fsp3) is 0.880. The van der Waals surface area contributed by atoms with Crippen LogP contribution in [-0.2, 0) is 23.8 Å². The lowest BCUT2D eigenvalue weighted by Crippen LogP contribution is -2.61. The van der Waals surface area contributed by atoms with Crippen molar-refractivity contribution < 1.29 is 125 Å². The van der Waals surface area contributed by atoms with Crippen LogP contribution in [0.1, 0.15) is 52.9 Å².